The number of nitrogens with zero attached hydrogens (tertiary/aromatic N) is 3. The Morgan fingerprint density at radius 3 is 2.89 bits per heavy atom. The zero-order valence-electron chi connectivity index (χ0n) is 10.8. The van der Waals surface area contributed by atoms with Crippen LogP contribution in [-0.2, 0) is 26.1 Å². The SMILES string of the molecule is c1ccc2c(c1)CCN(c1ncc3c(n1)CNC3)C2. The Morgan fingerprint density at radius 1 is 1.05 bits per heavy atom. The first-order chi connectivity index (χ1) is 9.40. The van der Waals surface area contributed by atoms with Gasteiger partial charge < -0.3 is 10.2 Å². The number of hydrogen-bond donors (Lipinski definition) is 1. The van der Waals surface area contributed by atoms with Gasteiger partial charge in [0.2, 0.25) is 5.95 Å². The maximum atomic E-state index is 4.70. The van der Waals surface area contributed by atoms with Crippen LogP contribution in [0.25, 0.3) is 0 Å². The van der Waals surface area contributed by atoms with Crippen molar-refractivity contribution in [3.05, 3.63) is 52.8 Å². The van der Waals surface area contributed by atoms with E-state index < -0.39 is 0 Å². The number of fused-ring (bicyclic) bond motifs is 2. The smallest absolute Gasteiger partial charge is 0.225 e. The highest BCUT2D eigenvalue weighted by molar-refractivity contribution is 5.41. The Bertz CT molecular complexity index is 623. The lowest BCUT2D eigenvalue weighted by atomic mass is 10.0. The summed E-state index contributed by atoms with van der Waals surface area (Å²) >= 11 is 0. The second-order valence-corrected chi connectivity index (χ2v) is 5.19. The van der Waals surface area contributed by atoms with Crippen LogP contribution in [0.3, 0.4) is 0 Å². The normalized spacial score (nSPS) is 17.2. The molecule has 0 saturated heterocycles. The van der Waals surface area contributed by atoms with Gasteiger partial charge in [-0.2, -0.15) is 0 Å². The van der Waals surface area contributed by atoms with E-state index >= 15 is 0 Å². The van der Waals surface area contributed by atoms with Gasteiger partial charge in [0.05, 0.1) is 5.69 Å². The second-order valence-electron chi connectivity index (χ2n) is 5.19. The highest BCUT2D eigenvalue weighted by Gasteiger charge is 2.20. The van der Waals surface area contributed by atoms with Crippen LogP contribution in [0.1, 0.15) is 22.4 Å². The zero-order valence-corrected chi connectivity index (χ0v) is 10.8. The highest BCUT2D eigenvalue weighted by atomic mass is 15.3. The first-order valence-electron chi connectivity index (χ1n) is 6.77. The third kappa shape index (κ3) is 1.88. The Morgan fingerprint density at radius 2 is 1.95 bits per heavy atom. The van der Waals surface area contributed by atoms with Crippen LogP contribution in [0.2, 0.25) is 0 Å². The molecule has 0 amide bonds. The summed E-state index contributed by atoms with van der Waals surface area (Å²) in [5, 5.41) is 3.31. The van der Waals surface area contributed by atoms with Gasteiger partial charge in [-0.05, 0) is 17.5 Å². The Kier molecular flexibility index (Phi) is 2.48. The zero-order chi connectivity index (χ0) is 12.7. The predicted octanol–water partition coefficient (Wildman–Crippen LogP) is 1.64. The summed E-state index contributed by atoms with van der Waals surface area (Å²) < 4.78 is 0. The van der Waals surface area contributed by atoms with Gasteiger partial charge in [0.1, 0.15) is 0 Å². The lowest BCUT2D eigenvalue weighted by Gasteiger charge is -2.28. The molecule has 4 nitrogen and oxygen atoms in total. The quantitative estimate of drug-likeness (QED) is 0.837. The molecule has 0 bridgehead atoms. The van der Waals surface area contributed by atoms with E-state index in [-0.39, 0.29) is 0 Å². The maximum absolute atomic E-state index is 4.70. The standard InChI is InChI=1S/C15H16N4/c1-2-4-12-10-19(6-5-11(12)3-1)15-17-8-13-7-16-9-14(13)18-15/h1-4,8,16H,5-7,9-10H2. The number of anilines is 1. The monoisotopic (exact) mass is 252 g/mol. The number of nitrogens with one attached hydrogen (secondary N) is 1. The van der Waals surface area contributed by atoms with Crippen molar-refractivity contribution in [1.29, 1.82) is 0 Å². The first kappa shape index (κ1) is 10.9. The minimum atomic E-state index is 0.870. The van der Waals surface area contributed by atoms with Crippen molar-refractivity contribution in [2.24, 2.45) is 0 Å². The summed E-state index contributed by atoms with van der Waals surface area (Å²) in [6.45, 7) is 3.69. The second kappa shape index (κ2) is 4.31. The molecule has 2 aliphatic heterocycles. The van der Waals surface area contributed by atoms with Gasteiger partial charge in [0.15, 0.2) is 0 Å². The lowest BCUT2D eigenvalue weighted by Crippen LogP contribution is -2.31. The summed E-state index contributed by atoms with van der Waals surface area (Å²) in [7, 11) is 0. The molecule has 0 spiro atoms. The average Bonchev–Trinajstić information content (AvgIpc) is 2.94. The van der Waals surface area contributed by atoms with Crippen LogP contribution < -0.4 is 10.2 Å². The van der Waals surface area contributed by atoms with Crippen molar-refractivity contribution in [2.45, 2.75) is 26.1 Å². The van der Waals surface area contributed by atoms with Gasteiger partial charge in [0.25, 0.3) is 0 Å². The van der Waals surface area contributed by atoms with E-state index in [0.29, 0.717) is 0 Å². The van der Waals surface area contributed by atoms with Gasteiger partial charge in [-0.1, -0.05) is 24.3 Å². The van der Waals surface area contributed by atoms with Crippen molar-refractivity contribution in [1.82, 2.24) is 15.3 Å². The molecule has 0 saturated carbocycles. The molecule has 0 aliphatic carbocycles. The van der Waals surface area contributed by atoms with E-state index in [1.54, 1.807) is 0 Å². The molecule has 0 radical (unpaired) electrons. The van der Waals surface area contributed by atoms with Crippen molar-refractivity contribution in [3.8, 4) is 0 Å². The molecule has 2 aromatic rings. The van der Waals surface area contributed by atoms with Crippen LogP contribution >= 0.6 is 0 Å². The number of hydrogen-bond acceptors (Lipinski definition) is 4. The Balaban J connectivity index is 1.64. The minimum absolute atomic E-state index is 0.870. The minimum Gasteiger partial charge on any atom is -0.336 e. The fourth-order valence-corrected chi connectivity index (χ4v) is 2.87. The predicted molar refractivity (Wildman–Crippen MR) is 73.8 cm³/mol. The van der Waals surface area contributed by atoms with Crippen LogP contribution in [0.15, 0.2) is 30.5 Å². The lowest BCUT2D eigenvalue weighted by molar-refractivity contribution is 0.703. The molecule has 0 unspecified atom stereocenters. The molecule has 4 heteroatoms. The van der Waals surface area contributed by atoms with Gasteiger partial charge in [-0.3, -0.25) is 0 Å². The largest absolute Gasteiger partial charge is 0.336 e. The molecule has 0 fully saturated rings. The molecule has 4 rings (SSSR count). The van der Waals surface area contributed by atoms with Gasteiger partial charge >= 0.3 is 0 Å². The molecule has 1 N–H and O–H groups in total. The molecule has 0 atom stereocenters. The first-order valence-corrected chi connectivity index (χ1v) is 6.77. The van der Waals surface area contributed by atoms with Gasteiger partial charge in [-0.25, -0.2) is 9.97 Å². The van der Waals surface area contributed by atoms with Crippen molar-refractivity contribution >= 4 is 5.95 Å². The maximum Gasteiger partial charge on any atom is 0.225 e. The number of aromatic nitrogens is 2. The molecule has 2 aliphatic rings. The van der Waals surface area contributed by atoms with Crippen LogP contribution in [0.5, 0.6) is 0 Å². The Labute approximate surface area is 112 Å². The summed E-state index contributed by atoms with van der Waals surface area (Å²) in [6, 6.07) is 8.65. The van der Waals surface area contributed by atoms with Crippen molar-refractivity contribution < 1.29 is 0 Å². The summed E-state index contributed by atoms with van der Waals surface area (Å²) in [5.74, 6) is 0.872. The molecule has 96 valence electrons. The van der Waals surface area contributed by atoms with E-state index in [4.69, 9.17) is 4.98 Å². The van der Waals surface area contributed by atoms with Crippen LogP contribution in [0.4, 0.5) is 5.95 Å². The van der Waals surface area contributed by atoms with E-state index in [1.807, 2.05) is 6.20 Å². The Hall–Kier alpha value is -1.94. The number of rotatable bonds is 1. The fraction of sp³-hybridized carbons (Fsp3) is 0.333. The van der Waals surface area contributed by atoms with E-state index in [9.17, 15) is 0 Å². The third-order valence-electron chi connectivity index (χ3n) is 3.96. The fourth-order valence-electron chi connectivity index (χ4n) is 2.87. The molecule has 1 aromatic carbocycles. The van der Waals surface area contributed by atoms with E-state index in [0.717, 1.165) is 44.2 Å². The highest BCUT2D eigenvalue weighted by Crippen LogP contribution is 2.23. The average molecular weight is 252 g/mol. The molecular weight excluding hydrogens is 236 g/mol. The van der Waals surface area contributed by atoms with Crippen LogP contribution in [0, 0.1) is 0 Å². The van der Waals surface area contributed by atoms with Gasteiger partial charge in [0, 0.05) is 37.9 Å². The van der Waals surface area contributed by atoms with Crippen molar-refractivity contribution in [3.63, 3.8) is 0 Å². The number of benzene rings is 1. The van der Waals surface area contributed by atoms with Gasteiger partial charge in [-0.15, -0.1) is 0 Å². The molecular formula is C15H16N4. The molecule has 19 heavy (non-hydrogen) atoms. The molecule has 3 heterocycles. The summed E-state index contributed by atoms with van der Waals surface area (Å²) in [4.78, 5) is 11.5. The van der Waals surface area contributed by atoms with Crippen LogP contribution in [-0.4, -0.2) is 16.5 Å². The van der Waals surface area contributed by atoms with E-state index in [1.165, 1.54) is 16.7 Å². The topological polar surface area (TPSA) is 41.1 Å². The molecule has 1 aromatic heterocycles. The third-order valence-corrected chi connectivity index (χ3v) is 3.96. The van der Waals surface area contributed by atoms with Crippen molar-refractivity contribution in [2.75, 3.05) is 11.4 Å². The summed E-state index contributed by atoms with van der Waals surface area (Å²) in [6.07, 6.45) is 3.05. The summed E-state index contributed by atoms with van der Waals surface area (Å²) in [5.41, 5.74) is 5.25. The van der Waals surface area contributed by atoms with E-state index in [2.05, 4.69) is 39.5 Å².